The van der Waals surface area contributed by atoms with Crippen LogP contribution in [0.1, 0.15) is 30.0 Å². The van der Waals surface area contributed by atoms with Crippen molar-refractivity contribution in [2.24, 2.45) is 5.92 Å². The van der Waals surface area contributed by atoms with Crippen molar-refractivity contribution in [3.05, 3.63) is 90.3 Å². The number of carbonyl (C=O) groups is 2. The number of amides is 2. The first-order valence-electron chi connectivity index (χ1n) is 11.3. The van der Waals surface area contributed by atoms with Gasteiger partial charge in [0.1, 0.15) is 12.1 Å². The van der Waals surface area contributed by atoms with Crippen LogP contribution in [0.25, 0.3) is 11.0 Å². The van der Waals surface area contributed by atoms with Crippen molar-refractivity contribution in [1.29, 1.82) is 0 Å². The van der Waals surface area contributed by atoms with Gasteiger partial charge in [-0.2, -0.15) is 0 Å². The highest BCUT2D eigenvalue weighted by molar-refractivity contribution is 5.99. The monoisotopic (exact) mass is 454 g/mol. The fourth-order valence-corrected chi connectivity index (χ4v) is 4.69. The Morgan fingerprint density at radius 2 is 1.76 bits per heavy atom. The average molecular weight is 455 g/mol. The largest absolute Gasteiger partial charge is 0.496 e. The predicted molar refractivity (Wildman–Crippen MR) is 131 cm³/mol. The molecule has 7 nitrogen and oxygen atoms in total. The van der Waals surface area contributed by atoms with Crippen LogP contribution in [0.5, 0.6) is 5.75 Å². The van der Waals surface area contributed by atoms with Crippen molar-refractivity contribution in [3.63, 3.8) is 0 Å². The van der Waals surface area contributed by atoms with Gasteiger partial charge in [0.2, 0.25) is 11.8 Å². The third-order valence-electron chi connectivity index (χ3n) is 6.39. The zero-order valence-electron chi connectivity index (χ0n) is 19.1. The quantitative estimate of drug-likeness (QED) is 0.478. The second kappa shape index (κ2) is 9.02. The highest BCUT2D eigenvalue weighted by atomic mass is 16.5. The fraction of sp³-hybridized carbons (Fsp3) is 0.222. The lowest BCUT2D eigenvalue weighted by Gasteiger charge is -2.41. The van der Waals surface area contributed by atoms with Gasteiger partial charge < -0.3 is 9.64 Å². The lowest BCUT2D eigenvalue weighted by atomic mass is 9.83. The molecular weight excluding hydrogens is 428 g/mol. The fourth-order valence-electron chi connectivity index (χ4n) is 4.69. The minimum absolute atomic E-state index is 0.0168. The summed E-state index contributed by atoms with van der Waals surface area (Å²) < 4.78 is 7.29. The number of benzene rings is 3. The SMILES string of the molecule is COc1ccccc1C1C(C(=O)Nn2cnc3ccccc32)CCC(=O)N1c1ccc(C)cc1. The van der Waals surface area contributed by atoms with Crippen LogP contribution < -0.4 is 15.1 Å². The Morgan fingerprint density at radius 1 is 1.03 bits per heavy atom. The van der Waals surface area contributed by atoms with Crippen LogP contribution in [0.2, 0.25) is 0 Å². The van der Waals surface area contributed by atoms with Crippen LogP contribution in [0.3, 0.4) is 0 Å². The molecule has 1 fully saturated rings. The molecule has 4 aromatic rings. The second-order valence-electron chi connectivity index (χ2n) is 8.51. The van der Waals surface area contributed by atoms with E-state index in [-0.39, 0.29) is 18.2 Å². The molecule has 172 valence electrons. The number of aromatic nitrogens is 2. The molecule has 1 aromatic heterocycles. The number of ether oxygens (including phenoxy) is 1. The molecule has 0 saturated carbocycles. The van der Waals surface area contributed by atoms with E-state index in [2.05, 4.69) is 10.4 Å². The molecule has 1 aliphatic rings. The molecule has 2 amide bonds. The molecule has 1 aliphatic heterocycles. The Labute approximate surface area is 197 Å². The summed E-state index contributed by atoms with van der Waals surface area (Å²) in [4.78, 5) is 33.1. The summed E-state index contributed by atoms with van der Waals surface area (Å²) in [5, 5.41) is 0. The number of piperidine rings is 1. The number of nitrogens with one attached hydrogen (secondary N) is 1. The van der Waals surface area contributed by atoms with E-state index in [1.165, 1.54) is 0 Å². The summed E-state index contributed by atoms with van der Waals surface area (Å²) in [5.41, 5.74) is 7.27. The van der Waals surface area contributed by atoms with Crippen LogP contribution in [0, 0.1) is 12.8 Å². The predicted octanol–water partition coefficient (Wildman–Crippen LogP) is 4.61. The summed E-state index contributed by atoms with van der Waals surface area (Å²) in [7, 11) is 1.60. The highest BCUT2D eigenvalue weighted by Crippen LogP contribution is 2.43. The van der Waals surface area contributed by atoms with E-state index >= 15 is 0 Å². The third kappa shape index (κ3) is 3.90. The molecule has 0 radical (unpaired) electrons. The van der Waals surface area contributed by atoms with Crippen LogP contribution in [-0.4, -0.2) is 28.6 Å². The molecule has 2 heterocycles. The van der Waals surface area contributed by atoms with E-state index in [1.807, 2.05) is 79.7 Å². The van der Waals surface area contributed by atoms with Gasteiger partial charge in [-0.15, -0.1) is 0 Å². The van der Waals surface area contributed by atoms with E-state index in [1.54, 1.807) is 23.0 Å². The number of carbonyl (C=O) groups excluding carboxylic acids is 2. The number of rotatable bonds is 5. The number of fused-ring (bicyclic) bond motifs is 1. The van der Waals surface area contributed by atoms with Crippen molar-refractivity contribution in [2.75, 3.05) is 17.4 Å². The number of anilines is 1. The highest BCUT2D eigenvalue weighted by Gasteiger charge is 2.42. The summed E-state index contributed by atoms with van der Waals surface area (Å²) >= 11 is 0. The molecule has 2 atom stereocenters. The topological polar surface area (TPSA) is 76.5 Å². The second-order valence-corrected chi connectivity index (χ2v) is 8.51. The third-order valence-corrected chi connectivity index (χ3v) is 6.39. The molecule has 34 heavy (non-hydrogen) atoms. The minimum atomic E-state index is -0.519. The normalized spacial score (nSPS) is 18.2. The zero-order chi connectivity index (χ0) is 23.7. The van der Waals surface area contributed by atoms with E-state index in [0.29, 0.717) is 12.2 Å². The summed E-state index contributed by atoms with van der Waals surface area (Å²) in [6.07, 6.45) is 2.32. The van der Waals surface area contributed by atoms with E-state index in [9.17, 15) is 9.59 Å². The van der Waals surface area contributed by atoms with Gasteiger partial charge in [-0.25, -0.2) is 9.66 Å². The number of para-hydroxylation sites is 3. The molecule has 0 aliphatic carbocycles. The van der Waals surface area contributed by atoms with Crippen LogP contribution in [0.4, 0.5) is 5.69 Å². The lowest BCUT2D eigenvalue weighted by Crippen LogP contribution is -2.48. The first-order chi connectivity index (χ1) is 16.6. The molecule has 7 heteroatoms. The molecule has 3 aromatic carbocycles. The number of nitrogens with zero attached hydrogens (tertiary/aromatic N) is 3. The summed E-state index contributed by atoms with van der Waals surface area (Å²) in [6.45, 7) is 2.01. The number of hydrogen-bond donors (Lipinski definition) is 1. The van der Waals surface area contributed by atoms with Crippen molar-refractivity contribution >= 4 is 28.5 Å². The van der Waals surface area contributed by atoms with Crippen LogP contribution in [-0.2, 0) is 9.59 Å². The Kier molecular flexibility index (Phi) is 5.76. The summed E-state index contributed by atoms with van der Waals surface area (Å²) in [6, 6.07) is 22.5. The molecule has 1 saturated heterocycles. The van der Waals surface area contributed by atoms with Gasteiger partial charge in [0.15, 0.2) is 0 Å². The summed E-state index contributed by atoms with van der Waals surface area (Å²) in [5.74, 6) is -0.0396. The Morgan fingerprint density at radius 3 is 2.56 bits per heavy atom. The molecule has 0 spiro atoms. The van der Waals surface area contributed by atoms with Gasteiger partial charge in [0.25, 0.3) is 0 Å². The van der Waals surface area contributed by atoms with E-state index < -0.39 is 12.0 Å². The number of aryl methyl sites for hydroxylation is 1. The maximum atomic E-state index is 13.7. The van der Waals surface area contributed by atoms with Gasteiger partial charge >= 0.3 is 0 Å². The molecule has 2 unspecified atom stereocenters. The van der Waals surface area contributed by atoms with Crippen molar-refractivity contribution in [1.82, 2.24) is 9.66 Å². The Hall–Kier alpha value is -4.13. The van der Waals surface area contributed by atoms with Crippen LogP contribution in [0.15, 0.2) is 79.1 Å². The standard InChI is InChI=1S/C27H26N4O3/c1-18-11-13-19(14-12-18)31-25(32)16-15-21(26(31)20-7-3-6-10-24(20)34-2)27(33)29-30-17-28-22-8-4-5-9-23(22)30/h3-14,17,21,26H,15-16H2,1-2H3,(H,29,33). The number of methoxy groups -OCH3 is 1. The zero-order valence-corrected chi connectivity index (χ0v) is 19.1. The minimum Gasteiger partial charge on any atom is -0.496 e. The lowest BCUT2D eigenvalue weighted by molar-refractivity contribution is -0.126. The molecular formula is C27H26N4O3. The van der Waals surface area contributed by atoms with Gasteiger partial charge in [0.05, 0.1) is 30.1 Å². The van der Waals surface area contributed by atoms with Crippen molar-refractivity contribution < 1.29 is 14.3 Å². The number of hydrogen-bond acceptors (Lipinski definition) is 4. The van der Waals surface area contributed by atoms with Crippen LogP contribution >= 0.6 is 0 Å². The maximum Gasteiger partial charge on any atom is 0.244 e. The van der Waals surface area contributed by atoms with E-state index in [0.717, 1.165) is 27.8 Å². The Bertz CT molecular complexity index is 1350. The maximum absolute atomic E-state index is 13.7. The van der Waals surface area contributed by atoms with Gasteiger partial charge in [0, 0.05) is 17.7 Å². The van der Waals surface area contributed by atoms with E-state index in [4.69, 9.17) is 4.74 Å². The van der Waals surface area contributed by atoms with Crippen molar-refractivity contribution in [2.45, 2.75) is 25.8 Å². The first kappa shape index (κ1) is 21.7. The van der Waals surface area contributed by atoms with Crippen molar-refractivity contribution in [3.8, 4) is 5.75 Å². The van der Waals surface area contributed by atoms with Gasteiger partial charge in [-0.05, 0) is 43.7 Å². The first-order valence-corrected chi connectivity index (χ1v) is 11.3. The average Bonchev–Trinajstić information content (AvgIpc) is 3.27. The van der Waals surface area contributed by atoms with Gasteiger partial charge in [-0.1, -0.05) is 48.0 Å². The molecule has 0 bridgehead atoms. The Balaban J connectivity index is 1.57. The smallest absolute Gasteiger partial charge is 0.244 e. The molecule has 5 rings (SSSR count). The number of imidazole rings is 1. The van der Waals surface area contributed by atoms with Gasteiger partial charge in [-0.3, -0.25) is 15.0 Å². The molecule has 1 N–H and O–H groups in total.